The Bertz CT molecular complexity index is 425. The standard InChI is InChI=1S/C12H14BrClN2O/c13-10-6-8(14)3-4-11(10)16-9-2-1-5-15-12(17)7-9/h3-4,6,9,16H,1-2,5,7H2,(H,15,17). The predicted molar refractivity (Wildman–Crippen MR) is 73.4 cm³/mol. The third-order valence-corrected chi connectivity index (χ3v) is 3.67. The quantitative estimate of drug-likeness (QED) is 0.879. The molecule has 1 amide bonds. The molecular formula is C12H14BrClN2O. The highest BCUT2D eigenvalue weighted by molar-refractivity contribution is 9.10. The molecule has 1 heterocycles. The van der Waals surface area contributed by atoms with Crippen LogP contribution in [0.15, 0.2) is 22.7 Å². The van der Waals surface area contributed by atoms with Gasteiger partial charge in [-0.1, -0.05) is 11.6 Å². The highest BCUT2D eigenvalue weighted by Gasteiger charge is 2.17. The maximum atomic E-state index is 11.4. The first kappa shape index (κ1) is 12.7. The molecule has 1 aliphatic heterocycles. The van der Waals surface area contributed by atoms with E-state index in [0.29, 0.717) is 11.4 Å². The topological polar surface area (TPSA) is 41.1 Å². The van der Waals surface area contributed by atoms with Crippen LogP contribution in [-0.4, -0.2) is 18.5 Å². The van der Waals surface area contributed by atoms with Crippen LogP contribution in [0.2, 0.25) is 5.02 Å². The summed E-state index contributed by atoms with van der Waals surface area (Å²) in [4.78, 5) is 11.4. The van der Waals surface area contributed by atoms with E-state index in [1.165, 1.54) is 0 Å². The van der Waals surface area contributed by atoms with E-state index in [0.717, 1.165) is 29.5 Å². The zero-order chi connectivity index (χ0) is 12.3. The van der Waals surface area contributed by atoms with Gasteiger partial charge in [-0.25, -0.2) is 0 Å². The number of carbonyl (C=O) groups is 1. The fourth-order valence-corrected chi connectivity index (χ4v) is 2.72. The van der Waals surface area contributed by atoms with Crippen molar-refractivity contribution >= 4 is 39.1 Å². The molecule has 1 unspecified atom stereocenters. The summed E-state index contributed by atoms with van der Waals surface area (Å²) in [5.41, 5.74) is 0.981. The predicted octanol–water partition coefficient (Wildman–Crippen LogP) is 3.18. The molecule has 1 saturated heterocycles. The summed E-state index contributed by atoms with van der Waals surface area (Å²) < 4.78 is 0.926. The van der Waals surface area contributed by atoms with Crippen LogP contribution in [0.5, 0.6) is 0 Å². The summed E-state index contributed by atoms with van der Waals surface area (Å²) in [5.74, 6) is 0.116. The average molecular weight is 318 g/mol. The van der Waals surface area contributed by atoms with E-state index >= 15 is 0 Å². The van der Waals surface area contributed by atoms with Crippen molar-refractivity contribution in [2.45, 2.75) is 25.3 Å². The Morgan fingerprint density at radius 3 is 3.06 bits per heavy atom. The summed E-state index contributed by atoms with van der Waals surface area (Å²) >= 11 is 9.35. The first-order valence-corrected chi connectivity index (χ1v) is 6.80. The fourth-order valence-electron chi connectivity index (χ4n) is 1.92. The molecule has 1 aromatic rings. The molecule has 0 radical (unpaired) electrons. The second-order valence-corrected chi connectivity index (χ2v) is 5.45. The van der Waals surface area contributed by atoms with Gasteiger partial charge in [-0.05, 0) is 47.0 Å². The Labute approximate surface area is 114 Å². The molecule has 5 heteroatoms. The second kappa shape index (κ2) is 5.74. The maximum absolute atomic E-state index is 11.4. The molecule has 1 atom stereocenters. The molecule has 0 bridgehead atoms. The van der Waals surface area contributed by atoms with E-state index in [-0.39, 0.29) is 11.9 Å². The number of amides is 1. The van der Waals surface area contributed by atoms with Crippen molar-refractivity contribution in [3.8, 4) is 0 Å². The molecule has 0 spiro atoms. The van der Waals surface area contributed by atoms with Crippen LogP contribution >= 0.6 is 27.5 Å². The Hall–Kier alpha value is -0.740. The molecule has 1 aromatic carbocycles. The van der Waals surface area contributed by atoms with Crippen molar-refractivity contribution in [3.63, 3.8) is 0 Å². The van der Waals surface area contributed by atoms with Gasteiger partial charge in [0.2, 0.25) is 5.91 Å². The molecule has 2 rings (SSSR count). The Kier molecular flexibility index (Phi) is 4.29. The zero-order valence-corrected chi connectivity index (χ0v) is 11.6. The van der Waals surface area contributed by atoms with Crippen LogP contribution < -0.4 is 10.6 Å². The molecule has 0 aromatic heterocycles. The summed E-state index contributed by atoms with van der Waals surface area (Å²) in [6, 6.07) is 5.80. The van der Waals surface area contributed by atoms with Gasteiger partial charge in [0, 0.05) is 34.2 Å². The van der Waals surface area contributed by atoms with E-state index in [1.807, 2.05) is 18.2 Å². The SMILES string of the molecule is O=C1CC(Nc2ccc(Cl)cc2Br)CCCN1. The molecule has 1 aliphatic rings. The summed E-state index contributed by atoms with van der Waals surface area (Å²) in [5, 5.41) is 6.95. The molecule has 0 saturated carbocycles. The van der Waals surface area contributed by atoms with Crippen molar-refractivity contribution in [1.29, 1.82) is 0 Å². The van der Waals surface area contributed by atoms with Crippen LogP contribution in [0.1, 0.15) is 19.3 Å². The molecule has 2 N–H and O–H groups in total. The van der Waals surface area contributed by atoms with Gasteiger partial charge in [0.15, 0.2) is 0 Å². The van der Waals surface area contributed by atoms with Gasteiger partial charge < -0.3 is 10.6 Å². The molecule has 17 heavy (non-hydrogen) atoms. The van der Waals surface area contributed by atoms with Crippen molar-refractivity contribution < 1.29 is 4.79 Å². The number of benzene rings is 1. The first-order valence-electron chi connectivity index (χ1n) is 5.63. The largest absolute Gasteiger partial charge is 0.381 e. The number of halogens is 2. The number of anilines is 1. The Morgan fingerprint density at radius 1 is 1.47 bits per heavy atom. The number of hydrogen-bond acceptors (Lipinski definition) is 2. The normalized spacial score (nSPS) is 20.6. The minimum Gasteiger partial charge on any atom is -0.381 e. The molecule has 92 valence electrons. The lowest BCUT2D eigenvalue weighted by molar-refractivity contribution is -0.120. The lowest BCUT2D eigenvalue weighted by atomic mass is 10.1. The average Bonchev–Trinajstić information content (AvgIpc) is 2.47. The third kappa shape index (κ3) is 3.61. The van der Waals surface area contributed by atoms with Gasteiger partial charge in [-0.3, -0.25) is 4.79 Å². The van der Waals surface area contributed by atoms with Gasteiger partial charge in [-0.15, -0.1) is 0 Å². The highest BCUT2D eigenvalue weighted by atomic mass is 79.9. The van der Waals surface area contributed by atoms with Crippen molar-refractivity contribution in [1.82, 2.24) is 5.32 Å². The van der Waals surface area contributed by atoms with Gasteiger partial charge in [0.1, 0.15) is 0 Å². The van der Waals surface area contributed by atoms with Crippen LogP contribution in [-0.2, 0) is 4.79 Å². The van der Waals surface area contributed by atoms with Crippen LogP contribution in [0.3, 0.4) is 0 Å². The minimum atomic E-state index is 0.116. The molecular weight excluding hydrogens is 304 g/mol. The lowest BCUT2D eigenvalue weighted by Crippen LogP contribution is -2.26. The van der Waals surface area contributed by atoms with Gasteiger partial charge in [0.05, 0.1) is 0 Å². The number of rotatable bonds is 2. The minimum absolute atomic E-state index is 0.116. The fraction of sp³-hybridized carbons (Fsp3) is 0.417. The van der Waals surface area contributed by atoms with Crippen molar-refractivity contribution in [2.75, 3.05) is 11.9 Å². The van der Waals surface area contributed by atoms with Gasteiger partial charge in [0.25, 0.3) is 0 Å². The maximum Gasteiger partial charge on any atom is 0.222 e. The number of carbonyl (C=O) groups excluding carboxylic acids is 1. The second-order valence-electron chi connectivity index (χ2n) is 4.16. The molecule has 3 nitrogen and oxygen atoms in total. The van der Waals surface area contributed by atoms with Crippen LogP contribution in [0.25, 0.3) is 0 Å². The molecule has 1 fully saturated rings. The highest BCUT2D eigenvalue weighted by Crippen LogP contribution is 2.27. The summed E-state index contributed by atoms with van der Waals surface area (Å²) in [6.45, 7) is 0.777. The van der Waals surface area contributed by atoms with Crippen molar-refractivity contribution in [2.24, 2.45) is 0 Å². The van der Waals surface area contributed by atoms with Crippen molar-refractivity contribution in [3.05, 3.63) is 27.7 Å². The van der Waals surface area contributed by atoms with E-state index in [1.54, 1.807) is 0 Å². The van der Waals surface area contributed by atoms with Crippen LogP contribution in [0.4, 0.5) is 5.69 Å². The summed E-state index contributed by atoms with van der Waals surface area (Å²) in [7, 11) is 0. The van der Waals surface area contributed by atoms with E-state index in [4.69, 9.17) is 11.6 Å². The smallest absolute Gasteiger partial charge is 0.222 e. The van der Waals surface area contributed by atoms with E-state index < -0.39 is 0 Å². The lowest BCUT2D eigenvalue weighted by Gasteiger charge is -2.17. The first-order chi connectivity index (χ1) is 8.15. The van der Waals surface area contributed by atoms with E-state index in [2.05, 4.69) is 26.6 Å². The third-order valence-electron chi connectivity index (χ3n) is 2.77. The monoisotopic (exact) mass is 316 g/mol. The molecule has 0 aliphatic carbocycles. The Morgan fingerprint density at radius 2 is 2.29 bits per heavy atom. The van der Waals surface area contributed by atoms with Gasteiger partial charge >= 0.3 is 0 Å². The van der Waals surface area contributed by atoms with Gasteiger partial charge in [-0.2, -0.15) is 0 Å². The summed E-state index contributed by atoms with van der Waals surface area (Å²) in [6.07, 6.45) is 2.53. The number of hydrogen-bond donors (Lipinski definition) is 2. The number of nitrogens with one attached hydrogen (secondary N) is 2. The van der Waals surface area contributed by atoms with E-state index in [9.17, 15) is 4.79 Å². The Balaban J connectivity index is 2.06. The zero-order valence-electron chi connectivity index (χ0n) is 9.30. The van der Waals surface area contributed by atoms with Crippen LogP contribution in [0, 0.1) is 0 Å².